The summed E-state index contributed by atoms with van der Waals surface area (Å²) in [4.78, 5) is 12.3. The van der Waals surface area contributed by atoms with E-state index in [9.17, 15) is 21.6 Å². The van der Waals surface area contributed by atoms with Gasteiger partial charge in [-0.05, 0) is 45.4 Å². The Morgan fingerprint density at radius 2 is 1.96 bits per heavy atom. The summed E-state index contributed by atoms with van der Waals surface area (Å²) >= 11 is 0. The molecule has 1 atom stereocenters. The molecular formula is C16H24N2O6S2. The fourth-order valence-corrected chi connectivity index (χ4v) is 6.29. The molecule has 1 aliphatic rings. The lowest BCUT2D eigenvalue weighted by Crippen LogP contribution is -2.34. The number of ether oxygens (including phenoxy) is 1. The summed E-state index contributed by atoms with van der Waals surface area (Å²) in [5.74, 6) is -0.869. The van der Waals surface area contributed by atoms with Crippen LogP contribution in [0, 0.1) is 5.41 Å². The number of methoxy groups -OCH3 is 1. The molecule has 1 fully saturated rings. The van der Waals surface area contributed by atoms with Crippen LogP contribution in [0.5, 0.6) is 5.75 Å². The Balaban J connectivity index is 2.60. The molecule has 1 saturated heterocycles. The number of sulfonamides is 2. The number of carbonyl (C=O) groups is 1. The molecule has 0 aromatic heterocycles. The Labute approximate surface area is 154 Å². The van der Waals surface area contributed by atoms with Gasteiger partial charge in [0.05, 0.1) is 24.0 Å². The van der Waals surface area contributed by atoms with Crippen molar-refractivity contribution in [1.29, 1.82) is 0 Å². The summed E-state index contributed by atoms with van der Waals surface area (Å²) in [6.45, 7) is 6.63. The van der Waals surface area contributed by atoms with Gasteiger partial charge in [0.1, 0.15) is 10.6 Å². The Morgan fingerprint density at radius 1 is 1.35 bits per heavy atom. The van der Waals surface area contributed by atoms with E-state index in [1.54, 1.807) is 20.8 Å². The SMILES string of the molecule is CCC(C)NS(=O)(=O)c1cc(N2C(=O)C(C)(C)CS2(=O)=O)ccc1OC. The van der Waals surface area contributed by atoms with Gasteiger partial charge in [0.2, 0.25) is 26.0 Å². The largest absolute Gasteiger partial charge is 0.495 e. The van der Waals surface area contributed by atoms with Crippen LogP contribution in [0.25, 0.3) is 0 Å². The highest BCUT2D eigenvalue weighted by Crippen LogP contribution is 2.38. The third-order valence-corrected chi connectivity index (χ3v) is 7.85. The van der Waals surface area contributed by atoms with Crippen LogP contribution < -0.4 is 13.8 Å². The molecule has 146 valence electrons. The van der Waals surface area contributed by atoms with E-state index in [0.717, 1.165) is 6.07 Å². The molecule has 1 aromatic rings. The predicted molar refractivity (Wildman–Crippen MR) is 98.1 cm³/mol. The number of benzene rings is 1. The van der Waals surface area contributed by atoms with Crippen molar-refractivity contribution in [2.45, 2.75) is 45.1 Å². The van der Waals surface area contributed by atoms with Gasteiger partial charge in [-0.2, -0.15) is 0 Å². The number of carbonyl (C=O) groups excluding carboxylic acids is 1. The van der Waals surface area contributed by atoms with Crippen LogP contribution in [-0.4, -0.2) is 41.6 Å². The molecule has 26 heavy (non-hydrogen) atoms. The van der Waals surface area contributed by atoms with E-state index >= 15 is 0 Å². The summed E-state index contributed by atoms with van der Waals surface area (Å²) in [6.07, 6.45) is 0.578. The van der Waals surface area contributed by atoms with Gasteiger partial charge in [-0.1, -0.05) is 6.92 Å². The van der Waals surface area contributed by atoms with Crippen molar-refractivity contribution in [3.63, 3.8) is 0 Å². The molecule has 1 aliphatic heterocycles. The molecule has 0 saturated carbocycles. The highest BCUT2D eigenvalue weighted by molar-refractivity contribution is 7.94. The van der Waals surface area contributed by atoms with E-state index in [4.69, 9.17) is 4.74 Å². The lowest BCUT2D eigenvalue weighted by Gasteiger charge is -2.20. The van der Waals surface area contributed by atoms with Crippen molar-refractivity contribution in [3.8, 4) is 5.75 Å². The molecule has 1 amide bonds. The topological polar surface area (TPSA) is 110 Å². The van der Waals surface area contributed by atoms with Crippen LogP contribution >= 0.6 is 0 Å². The summed E-state index contributed by atoms with van der Waals surface area (Å²) in [6, 6.07) is 3.54. The van der Waals surface area contributed by atoms with Crippen molar-refractivity contribution in [1.82, 2.24) is 4.72 Å². The fraction of sp³-hybridized carbons (Fsp3) is 0.562. The molecule has 2 rings (SSSR count). The van der Waals surface area contributed by atoms with Gasteiger partial charge < -0.3 is 4.74 Å². The van der Waals surface area contributed by atoms with Gasteiger partial charge in [0, 0.05) is 6.04 Å². The number of anilines is 1. The zero-order valence-corrected chi connectivity index (χ0v) is 17.1. The second-order valence-corrected chi connectivity index (χ2v) is 10.5. The van der Waals surface area contributed by atoms with Crippen LogP contribution in [-0.2, 0) is 24.8 Å². The van der Waals surface area contributed by atoms with Crippen LogP contribution in [0.2, 0.25) is 0 Å². The average Bonchev–Trinajstić information content (AvgIpc) is 2.69. The lowest BCUT2D eigenvalue weighted by molar-refractivity contribution is -0.123. The molecule has 0 radical (unpaired) electrons. The van der Waals surface area contributed by atoms with Crippen molar-refractivity contribution in [3.05, 3.63) is 18.2 Å². The molecule has 0 spiro atoms. The van der Waals surface area contributed by atoms with E-state index in [2.05, 4.69) is 4.72 Å². The van der Waals surface area contributed by atoms with Gasteiger partial charge >= 0.3 is 0 Å². The van der Waals surface area contributed by atoms with E-state index in [1.165, 1.54) is 19.2 Å². The van der Waals surface area contributed by atoms with Gasteiger partial charge in [-0.15, -0.1) is 0 Å². The molecular weight excluding hydrogens is 380 g/mol. The molecule has 8 nitrogen and oxygen atoms in total. The summed E-state index contributed by atoms with van der Waals surface area (Å²) in [7, 11) is -6.52. The predicted octanol–water partition coefficient (Wildman–Crippen LogP) is 1.47. The summed E-state index contributed by atoms with van der Waals surface area (Å²) in [5.41, 5.74) is -1.10. The maximum Gasteiger partial charge on any atom is 0.247 e. The molecule has 10 heteroatoms. The molecule has 0 bridgehead atoms. The second-order valence-electron chi connectivity index (χ2n) is 6.98. The number of hydrogen-bond acceptors (Lipinski definition) is 6. The van der Waals surface area contributed by atoms with Crippen LogP contribution in [0.4, 0.5) is 5.69 Å². The first-order valence-corrected chi connectivity index (χ1v) is 11.2. The molecule has 1 heterocycles. The van der Waals surface area contributed by atoms with Crippen molar-refractivity contribution >= 4 is 31.6 Å². The van der Waals surface area contributed by atoms with Crippen molar-refractivity contribution in [2.75, 3.05) is 17.2 Å². The maximum absolute atomic E-state index is 12.7. The zero-order valence-electron chi connectivity index (χ0n) is 15.4. The first kappa shape index (κ1) is 20.7. The number of hydrogen-bond donors (Lipinski definition) is 1. The maximum atomic E-state index is 12.7. The van der Waals surface area contributed by atoms with Gasteiger partial charge in [-0.25, -0.2) is 25.9 Å². The average molecular weight is 405 g/mol. The van der Waals surface area contributed by atoms with Crippen LogP contribution in [0.3, 0.4) is 0 Å². The minimum atomic E-state index is -3.96. The minimum absolute atomic E-state index is 0.0223. The molecule has 0 aliphatic carbocycles. The van der Waals surface area contributed by atoms with Crippen molar-refractivity contribution in [2.24, 2.45) is 5.41 Å². The third kappa shape index (κ3) is 3.72. The summed E-state index contributed by atoms with van der Waals surface area (Å²) < 4.78 is 58.5. The van der Waals surface area contributed by atoms with Gasteiger partial charge in [0.25, 0.3) is 0 Å². The first-order chi connectivity index (χ1) is 11.9. The van der Waals surface area contributed by atoms with Crippen LogP contribution in [0.1, 0.15) is 34.1 Å². The zero-order chi connectivity index (χ0) is 19.9. The second kappa shape index (κ2) is 6.82. The highest BCUT2D eigenvalue weighted by Gasteiger charge is 2.50. The van der Waals surface area contributed by atoms with E-state index in [0.29, 0.717) is 10.7 Å². The van der Waals surface area contributed by atoms with E-state index in [1.807, 2.05) is 6.92 Å². The Bertz CT molecular complexity index is 922. The minimum Gasteiger partial charge on any atom is -0.495 e. The highest BCUT2D eigenvalue weighted by atomic mass is 32.2. The first-order valence-electron chi connectivity index (χ1n) is 8.13. The summed E-state index contributed by atoms with van der Waals surface area (Å²) in [5, 5.41) is 0. The molecule has 1 unspecified atom stereocenters. The normalized spacial score (nSPS) is 20.2. The number of rotatable bonds is 6. The quantitative estimate of drug-likeness (QED) is 0.769. The Hall–Kier alpha value is -1.65. The number of nitrogens with zero attached hydrogens (tertiary/aromatic N) is 1. The standard InChI is InChI=1S/C16H24N2O6S2/c1-6-11(2)17-26(22,23)14-9-12(7-8-13(14)24-5)18-15(19)16(3,4)10-25(18,20)21/h7-9,11,17H,6,10H2,1-5H3. The van der Waals surface area contributed by atoms with Crippen LogP contribution in [0.15, 0.2) is 23.1 Å². The Kier molecular flexibility index (Phi) is 5.42. The Morgan fingerprint density at radius 3 is 2.42 bits per heavy atom. The van der Waals surface area contributed by atoms with E-state index < -0.39 is 31.4 Å². The van der Waals surface area contributed by atoms with Gasteiger partial charge in [-0.3, -0.25) is 4.79 Å². The number of nitrogens with one attached hydrogen (secondary N) is 1. The monoisotopic (exact) mass is 404 g/mol. The molecule has 1 N–H and O–H groups in total. The van der Waals surface area contributed by atoms with E-state index in [-0.39, 0.29) is 28.1 Å². The van der Waals surface area contributed by atoms with Crippen molar-refractivity contribution < 1.29 is 26.4 Å². The third-order valence-electron chi connectivity index (χ3n) is 4.22. The lowest BCUT2D eigenvalue weighted by atomic mass is 9.95. The fourth-order valence-electron chi connectivity index (χ4n) is 2.67. The number of amides is 1. The smallest absolute Gasteiger partial charge is 0.247 e. The van der Waals surface area contributed by atoms with Gasteiger partial charge in [0.15, 0.2) is 0 Å². The molecule has 1 aromatic carbocycles.